The maximum atomic E-state index is 11.4. The third kappa shape index (κ3) is 2.72. The molecule has 0 saturated heterocycles. The molecule has 0 radical (unpaired) electrons. The van der Waals surface area contributed by atoms with Crippen molar-refractivity contribution < 1.29 is 14.7 Å². The van der Waals surface area contributed by atoms with Gasteiger partial charge in [-0.05, 0) is 37.1 Å². The highest BCUT2D eigenvalue weighted by Gasteiger charge is 2.16. The Morgan fingerprint density at radius 2 is 1.94 bits per heavy atom. The van der Waals surface area contributed by atoms with Crippen LogP contribution in [0, 0.1) is 0 Å². The Labute approximate surface area is 99.0 Å². The minimum Gasteiger partial charge on any atom is -0.478 e. The van der Waals surface area contributed by atoms with Crippen molar-refractivity contribution in [2.75, 3.05) is 5.32 Å². The molecule has 1 aromatic carbocycles. The molecule has 0 amide bonds. The summed E-state index contributed by atoms with van der Waals surface area (Å²) in [6.45, 7) is 0. The highest BCUT2D eigenvalue weighted by molar-refractivity contribution is 5.97. The molecule has 0 spiro atoms. The summed E-state index contributed by atoms with van der Waals surface area (Å²) in [7, 11) is 0. The van der Waals surface area contributed by atoms with Crippen molar-refractivity contribution in [3.63, 3.8) is 0 Å². The smallest absolute Gasteiger partial charge is 0.335 e. The van der Waals surface area contributed by atoms with Crippen LogP contribution in [-0.4, -0.2) is 16.9 Å². The quantitative estimate of drug-likeness (QED) is 0.784. The van der Waals surface area contributed by atoms with Gasteiger partial charge < -0.3 is 10.4 Å². The summed E-state index contributed by atoms with van der Waals surface area (Å²) in [6, 6.07) is 6.42. The summed E-state index contributed by atoms with van der Waals surface area (Å²) in [5.41, 5.74) is 1.84. The highest BCUT2D eigenvalue weighted by Crippen LogP contribution is 2.20. The third-order valence-corrected chi connectivity index (χ3v) is 2.75. The van der Waals surface area contributed by atoms with Crippen LogP contribution in [0.15, 0.2) is 36.0 Å². The predicted octanol–water partition coefficient (Wildman–Crippen LogP) is 2.43. The zero-order valence-corrected chi connectivity index (χ0v) is 9.27. The lowest BCUT2D eigenvalue weighted by molar-refractivity contribution is -0.114. The Balaban J connectivity index is 2.04. The predicted molar refractivity (Wildman–Crippen MR) is 64.0 cm³/mol. The number of rotatable bonds is 3. The molecule has 0 aromatic heterocycles. The fourth-order valence-electron chi connectivity index (χ4n) is 1.77. The molecular weight excluding hydrogens is 218 g/mol. The van der Waals surface area contributed by atoms with Gasteiger partial charge in [-0.2, -0.15) is 0 Å². The molecule has 4 nitrogen and oxygen atoms in total. The summed E-state index contributed by atoms with van der Waals surface area (Å²) in [6.07, 6.45) is 4.08. The topological polar surface area (TPSA) is 66.4 Å². The summed E-state index contributed by atoms with van der Waals surface area (Å²) in [4.78, 5) is 22.0. The Kier molecular flexibility index (Phi) is 3.23. The Bertz CT molecular complexity index is 474. The van der Waals surface area contributed by atoms with Crippen molar-refractivity contribution in [1.82, 2.24) is 0 Å². The standard InChI is InChI=1S/C13H13NO3/c15-12-3-1-2-10(12)8-14-11-6-4-9(5-7-11)13(16)17/h4-8,14H,1-3H2,(H,16,17). The van der Waals surface area contributed by atoms with Crippen LogP contribution in [-0.2, 0) is 4.79 Å². The summed E-state index contributed by atoms with van der Waals surface area (Å²) in [5.74, 6) is -0.750. The van der Waals surface area contributed by atoms with Crippen LogP contribution in [0.5, 0.6) is 0 Å². The largest absolute Gasteiger partial charge is 0.478 e. The summed E-state index contributed by atoms with van der Waals surface area (Å²) < 4.78 is 0. The maximum absolute atomic E-state index is 11.4. The zero-order chi connectivity index (χ0) is 12.3. The molecule has 1 saturated carbocycles. The van der Waals surface area contributed by atoms with Crippen LogP contribution in [0.25, 0.3) is 0 Å². The molecule has 2 rings (SSSR count). The lowest BCUT2D eigenvalue weighted by Crippen LogP contribution is -1.98. The molecular formula is C13H13NO3. The van der Waals surface area contributed by atoms with Gasteiger partial charge in [0.05, 0.1) is 5.56 Å². The number of Topliss-reactive ketones (excluding diaryl/α,β-unsaturated/α-hetero) is 1. The molecule has 4 heteroatoms. The molecule has 0 atom stereocenters. The first-order valence-corrected chi connectivity index (χ1v) is 5.49. The van der Waals surface area contributed by atoms with Crippen molar-refractivity contribution in [2.24, 2.45) is 0 Å². The highest BCUT2D eigenvalue weighted by atomic mass is 16.4. The maximum Gasteiger partial charge on any atom is 0.335 e. The molecule has 1 aliphatic carbocycles. The van der Waals surface area contributed by atoms with Gasteiger partial charge >= 0.3 is 5.97 Å². The van der Waals surface area contributed by atoms with E-state index in [0.29, 0.717) is 6.42 Å². The minimum atomic E-state index is -0.944. The van der Waals surface area contributed by atoms with E-state index < -0.39 is 5.97 Å². The number of carbonyl (C=O) groups is 2. The van der Waals surface area contributed by atoms with Crippen molar-refractivity contribution in [3.8, 4) is 0 Å². The number of hydrogen-bond donors (Lipinski definition) is 2. The Morgan fingerprint density at radius 1 is 1.24 bits per heavy atom. The number of ketones is 1. The molecule has 0 aliphatic heterocycles. The number of carbonyl (C=O) groups excluding carboxylic acids is 1. The molecule has 0 bridgehead atoms. The van der Waals surface area contributed by atoms with E-state index >= 15 is 0 Å². The van der Waals surface area contributed by atoms with Crippen LogP contribution in [0.1, 0.15) is 29.6 Å². The average Bonchev–Trinajstić information content (AvgIpc) is 2.73. The normalized spacial score (nSPS) is 17.4. The minimum absolute atomic E-state index is 0.194. The second-order valence-corrected chi connectivity index (χ2v) is 3.97. The number of carboxylic acid groups (broad SMARTS) is 1. The molecule has 0 heterocycles. The van der Waals surface area contributed by atoms with Gasteiger partial charge in [0.2, 0.25) is 0 Å². The van der Waals surface area contributed by atoms with Crippen molar-refractivity contribution in [2.45, 2.75) is 19.3 Å². The van der Waals surface area contributed by atoms with E-state index in [-0.39, 0.29) is 11.3 Å². The summed E-state index contributed by atoms with van der Waals surface area (Å²) in [5, 5.41) is 11.7. The van der Waals surface area contributed by atoms with Crippen LogP contribution < -0.4 is 5.32 Å². The van der Waals surface area contributed by atoms with Crippen LogP contribution in [0.4, 0.5) is 5.69 Å². The Hall–Kier alpha value is -2.10. The molecule has 1 fully saturated rings. The van der Waals surface area contributed by atoms with Gasteiger partial charge in [-0.15, -0.1) is 0 Å². The summed E-state index contributed by atoms with van der Waals surface area (Å²) >= 11 is 0. The second-order valence-electron chi connectivity index (χ2n) is 3.97. The fraction of sp³-hybridized carbons (Fsp3) is 0.231. The van der Waals surface area contributed by atoms with Gasteiger partial charge in [-0.25, -0.2) is 4.79 Å². The molecule has 1 aromatic rings. The zero-order valence-electron chi connectivity index (χ0n) is 9.27. The van der Waals surface area contributed by atoms with Gasteiger partial charge in [0, 0.05) is 23.9 Å². The monoisotopic (exact) mass is 231 g/mol. The van der Waals surface area contributed by atoms with Gasteiger partial charge in [-0.1, -0.05) is 0 Å². The average molecular weight is 231 g/mol. The second kappa shape index (κ2) is 4.82. The van der Waals surface area contributed by atoms with Crippen molar-refractivity contribution in [3.05, 3.63) is 41.6 Å². The molecule has 17 heavy (non-hydrogen) atoms. The van der Waals surface area contributed by atoms with Gasteiger partial charge in [0.25, 0.3) is 0 Å². The molecule has 2 N–H and O–H groups in total. The molecule has 0 unspecified atom stereocenters. The van der Waals surface area contributed by atoms with E-state index in [9.17, 15) is 9.59 Å². The van der Waals surface area contributed by atoms with Crippen molar-refractivity contribution in [1.29, 1.82) is 0 Å². The van der Waals surface area contributed by atoms with E-state index in [2.05, 4.69) is 5.32 Å². The SMILES string of the molecule is O=C1CCCC1=CNc1ccc(C(=O)O)cc1. The lowest BCUT2D eigenvalue weighted by Gasteiger charge is -2.02. The third-order valence-electron chi connectivity index (χ3n) is 2.75. The van der Waals surface area contributed by atoms with E-state index in [1.807, 2.05) is 0 Å². The lowest BCUT2D eigenvalue weighted by atomic mass is 10.2. The van der Waals surface area contributed by atoms with Gasteiger partial charge in [-0.3, -0.25) is 4.79 Å². The van der Waals surface area contributed by atoms with Crippen LogP contribution in [0.2, 0.25) is 0 Å². The number of aromatic carboxylic acids is 1. The first kappa shape index (κ1) is 11.4. The fourth-order valence-corrected chi connectivity index (χ4v) is 1.77. The number of anilines is 1. The first-order chi connectivity index (χ1) is 8.16. The number of hydrogen-bond acceptors (Lipinski definition) is 3. The van der Waals surface area contributed by atoms with Crippen LogP contribution >= 0.6 is 0 Å². The number of nitrogens with one attached hydrogen (secondary N) is 1. The van der Waals surface area contributed by atoms with Gasteiger partial charge in [0.15, 0.2) is 5.78 Å². The van der Waals surface area contributed by atoms with E-state index in [4.69, 9.17) is 5.11 Å². The first-order valence-electron chi connectivity index (χ1n) is 5.49. The Morgan fingerprint density at radius 3 is 2.47 bits per heavy atom. The molecule has 1 aliphatic rings. The van der Waals surface area contributed by atoms with Crippen molar-refractivity contribution >= 4 is 17.4 Å². The number of allylic oxidation sites excluding steroid dienone is 1. The van der Waals surface area contributed by atoms with Crippen LogP contribution in [0.3, 0.4) is 0 Å². The van der Waals surface area contributed by atoms with E-state index in [0.717, 1.165) is 24.1 Å². The van der Waals surface area contributed by atoms with Gasteiger partial charge in [0.1, 0.15) is 0 Å². The van der Waals surface area contributed by atoms with E-state index in [1.54, 1.807) is 18.3 Å². The molecule has 88 valence electrons. The van der Waals surface area contributed by atoms with E-state index in [1.165, 1.54) is 12.1 Å². The number of carboxylic acids is 1. The number of benzene rings is 1.